The van der Waals surface area contributed by atoms with Gasteiger partial charge in [-0.25, -0.2) is 19.4 Å². The molecule has 3 heterocycles. The maximum absolute atomic E-state index is 13.0. The highest BCUT2D eigenvalue weighted by atomic mass is 16.6. The minimum atomic E-state index is -0.696. The Morgan fingerprint density at radius 3 is 2.42 bits per heavy atom. The molecule has 1 aliphatic carbocycles. The molecule has 2 saturated heterocycles. The van der Waals surface area contributed by atoms with Gasteiger partial charge in [0.25, 0.3) is 0 Å². The summed E-state index contributed by atoms with van der Waals surface area (Å²) in [5, 5.41) is 21.8. The second kappa shape index (κ2) is 9.41. The Kier molecular flexibility index (Phi) is 6.80. The summed E-state index contributed by atoms with van der Waals surface area (Å²) in [5.41, 5.74) is -1.29. The molecule has 4 amide bonds. The number of ether oxygens (including phenoxy) is 2. The fraction of sp³-hybridized carbons (Fsp3) is 0.783. The summed E-state index contributed by atoms with van der Waals surface area (Å²) in [4.78, 5) is 40.5. The number of urea groups is 1. The van der Waals surface area contributed by atoms with E-state index in [0.29, 0.717) is 32.2 Å². The van der Waals surface area contributed by atoms with E-state index in [0.717, 1.165) is 5.06 Å². The van der Waals surface area contributed by atoms with Gasteiger partial charge in [0.2, 0.25) is 11.8 Å². The van der Waals surface area contributed by atoms with E-state index in [9.17, 15) is 19.6 Å². The van der Waals surface area contributed by atoms with Gasteiger partial charge in [-0.3, -0.25) is 10.1 Å². The quantitative estimate of drug-likeness (QED) is 0.571. The van der Waals surface area contributed by atoms with Gasteiger partial charge in [-0.2, -0.15) is 0 Å². The van der Waals surface area contributed by atoms with Crippen molar-refractivity contribution in [2.24, 2.45) is 0 Å². The standard InChI is InChI=1S/C23H36N6O7/c1-22(2,3)35-19(30)24-13-9-15(10-13)27(21(32)36-23(4,5)6)12-17-25-26-18(34-17)16-8-7-14-11-28(16)20(31)29(14)33/h13-16,33H,7-12H2,1-6H3,(H,24,30)/t13?,14-,15?,16+/m0/s1. The van der Waals surface area contributed by atoms with Crippen molar-refractivity contribution in [1.29, 1.82) is 0 Å². The van der Waals surface area contributed by atoms with E-state index in [1.807, 2.05) is 0 Å². The van der Waals surface area contributed by atoms with Crippen molar-refractivity contribution in [3.63, 3.8) is 0 Å². The molecule has 2 bridgehead atoms. The molecule has 0 radical (unpaired) electrons. The number of rotatable bonds is 5. The molecule has 2 aliphatic heterocycles. The predicted octanol–water partition coefficient (Wildman–Crippen LogP) is 3.19. The fourth-order valence-corrected chi connectivity index (χ4v) is 4.62. The Morgan fingerprint density at radius 1 is 1.11 bits per heavy atom. The molecule has 1 aromatic heterocycles. The highest BCUT2D eigenvalue weighted by Gasteiger charge is 2.47. The molecule has 4 rings (SSSR count). The second-order valence-electron chi connectivity index (χ2n) is 11.6. The number of fused-ring (bicyclic) bond motifs is 2. The minimum Gasteiger partial charge on any atom is -0.444 e. The molecule has 0 aromatic carbocycles. The smallest absolute Gasteiger partial charge is 0.411 e. The molecule has 2 atom stereocenters. The van der Waals surface area contributed by atoms with E-state index in [-0.39, 0.29) is 36.5 Å². The Hall–Kier alpha value is -3.09. The number of aromatic nitrogens is 2. The summed E-state index contributed by atoms with van der Waals surface area (Å²) in [6.07, 6.45) is 1.25. The SMILES string of the molecule is CC(C)(C)OC(=O)NC1CC(N(Cc2nnc([C@H]3CC[C@H]4CN3C(=O)N4O)o2)C(=O)OC(C)(C)C)C1. The van der Waals surface area contributed by atoms with Crippen LogP contribution in [0.4, 0.5) is 14.4 Å². The Bertz CT molecular complexity index is 994. The maximum atomic E-state index is 13.0. The minimum absolute atomic E-state index is 0.0289. The lowest BCUT2D eigenvalue weighted by Crippen LogP contribution is -2.56. The number of nitrogens with zero attached hydrogens (tertiary/aromatic N) is 5. The summed E-state index contributed by atoms with van der Waals surface area (Å²) in [7, 11) is 0. The van der Waals surface area contributed by atoms with Crippen LogP contribution < -0.4 is 5.32 Å². The zero-order valence-electron chi connectivity index (χ0n) is 21.7. The Morgan fingerprint density at radius 2 is 1.78 bits per heavy atom. The van der Waals surface area contributed by atoms with Crippen LogP contribution in [0, 0.1) is 0 Å². The summed E-state index contributed by atoms with van der Waals surface area (Å²) < 4.78 is 16.8. The molecular weight excluding hydrogens is 472 g/mol. The van der Waals surface area contributed by atoms with Gasteiger partial charge in [-0.15, -0.1) is 10.2 Å². The van der Waals surface area contributed by atoms with Gasteiger partial charge in [0.05, 0.1) is 6.04 Å². The third-order valence-corrected chi connectivity index (χ3v) is 6.32. The van der Waals surface area contributed by atoms with Gasteiger partial charge in [0.1, 0.15) is 23.8 Å². The number of hydrogen-bond donors (Lipinski definition) is 2. The fourth-order valence-electron chi connectivity index (χ4n) is 4.62. The third-order valence-electron chi connectivity index (χ3n) is 6.32. The second-order valence-corrected chi connectivity index (χ2v) is 11.6. The van der Waals surface area contributed by atoms with E-state index in [4.69, 9.17) is 13.9 Å². The molecular formula is C23H36N6O7. The van der Waals surface area contributed by atoms with Crippen LogP contribution in [0.3, 0.4) is 0 Å². The van der Waals surface area contributed by atoms with Crippen molar-refractivity contribution in [2.75, 3.05) is 6.54 Å². The van der Waals surface area contributed by atoms with Crippen molar-refractivity contribution < 1.29 is 33.5 Å². The lowest BCUT2D eigenvalue weighted by molar-refractivity contribution is -0.0584. The highest BCUT2D eigenvalue weighted by Crippen LogP contribution is 2.37. The molecule has 1 saturated carbocycles. The molecule has 36 heavy (non-hydrogen) atoms. The van der Waals surface area contributed by atoms with Crippen molar-refractivity contribution >= 4 is 18.2 Å². The van der Waals surface area contributed by atoms with Crippen LogP contribution in [-0.2, 0) is 16.0 Å². The lowest BCUT2D eigenvalue weighted by atomic mass is 9.85. The van der Waals surface area contributed by atoms with Crippen molar-refractivity contribution in [3.8, 4) is 0 Å². The molecule has 3 fully saturated rings. The first-order valence-electron chi connectivity index (χ1n) is 12.3. The summed E-state index contributed by atoms with van der Waals surface area (Å²) in [6, 6.07) is -1.46. The van der Waals surface area contributed by atoms with Crippen molar-refractivity contribution in [3.05, 3.63) is 11.8 Å². The van der Waals surface area contributed by atoms with Crippen LogP contribution in [0.25, 0.3) is 0 Å². The first kappa shape index (κ1) is 26.0. The van der Waals surface area contributed by atoms with Gasteiger partial charge >= 0.3 is 18.2 Å². The van der Waals surface area contributed by atoms with Gasteiger partial charge < -0.3 is 24.1 Å². The van der Waals surface area contributed by atoms with Gasteiger partial charge in [0.15, 0.2) is 0 Å². The van der Waals surface area contributed by atoms with Gasteiger partial charge in [-0.05, 0) is 67.2 Å². The summed E-state index contributed by atoms with van der Waals surface area (Å²) in [6.45, 7) is 11.2. The van der Waals surface area contributed by atoms with E-state index >= 15 is 0 Å². The van der Waals surface area contributed by atoms with Gasteiger partial charge in [-0.1, -0.05) is 0 Å². The van der Waals surface area contributed by atoms with Crippen molar-refractivity contribution in [1.82, 2.24) is 30.4 Å². The zero-order chi connectivity index (χ0) is 26.4. The van der Waals surface area contributed by atoms with Crippen LogP contribution in [0.5, 0.6) is 0 Å². The van der Waals surface area contributed by atoms with Crippen LogP contribution in [0.2, 0.25) is 0 Å². The molecule has 13 heteroatoms. The van der Waals surface area contributed by atoms with E-state index in [2.05, 4.69) is 15.5 Å². The molecule has 1 aromatic rings. The average molecular weight is 509 g/mol. The lowest BCUT2D eigenvalue weighted by Gasteiger charge is -2.42. The monoisotopic (exact) mass is 508 g/mol. The largest absolute Gasteiger partial charge is 0.444 e. The Labute approximate surface area is 210 Å². The predicted molar refractivity (Wildman–Crippen MR) is 124 cm³/mol. The summed E-state index contributed by atoms with van der Waals surface area (Å²) >= 11 is 0. The summed E-state index contributed by atoms with van der Waals surface area (Å²) in [5.74, 6) is 0.489. The maximum Gasteiger partial charge on any atom is 0.411 e. The first-order chi connectivity index (χ1) is 16.7. The number of piperidine rings is 1. The molecule has 3 aliphatic rings. The normalized spacial score (nSPS) is 25.9. The van der Waals surface area contributed by atoms with Crippen LogP contribution >= 0.6 is 0 Å². The molecule has 200 valence electrons. The Balaban J connectivity index is 1.41. The van der Waals surface area contributed by atoms with E-state index in [1.54, 1.807) is 41.5 Å². The molecule has 2 N–H and O–H groups in total. The third kappa shape index (κ3) is 5.82. The highest BCUT2D eigenvalue weighted by molar-refractivity contribution is 5.76. The molecule has 13 nitrogen and oxygen atoms in total. The van der Waals surface area contributed by atoms with E-state index < -0.39 is 35.5 Å². The molecule has 0 spiro atoms. The average Bonchev–Trinajstić information content (AvgIpc) is 3.26. The van der Waals surface area contributed by atoms with Gasteiger partial charge in [0, 0.05) is 18.6 Å². The number of nitrogens with one attached hydrogen (secondary N) is 1. The number of alkyl carbamates (subject to hydrolysis) is 1. The first-order valence-corrected chi connectivity index (χ1v) is 12.3. The van der Waals surface area contributed by atoms with Crippen LogP contribution in [0.1, 0.15) is 85.0 Å². The van der Waals surface area contributed by atoms with Crippen molar-refractivity contribution in [2.45, 2.75) is 109 Å². The topological polar surface area (TPSA) is 151 Å². The van der Waals surface area contributed by atoms with E-state index in [1.165, 1.54) is 9.80 Å². The van der Waals surface area contributed by atoms with Crippen LogP contribution in [-0.4, -0.2) is 84.4 Å². The number of hydroxylamine groups is 2. The molecule has 0 unspecified atom stereocenters. The van der Waals surface area contributed by atoms with Crippen LogP contribution in [0.15, 0.2) is 4.42 Å². The number of amides is 4. The number of hydrogen-bond acceptors (Lipinski definition) is 9. The zero-order valence-corrected chi connectivity index (χ0v) is 21.7. The number of carbonyl (C=O) groups is 3. The number of carbonyl (C=O) groups excluding carboxylic acids is 3.